The van der Waals surface area contributed by atoms with Gasteiger partial charge in [-0.05, 0) is 12.0 Å². The molecule has 1 rings (SSSR count). The Bertz CT molecular complexity index is 454. The van der Waals surface area contributed by atoms with Crippen molar-refractivity contribution in [2.24, 2.45) is 0 Å². The largest absolute Gasteiger partial charge is 0.463 e. The van der Waals surface area contributed by atoms with Gasteiger partial charge in [0.15, 0.2) is 0 Å². The minimum absolute atomic E-state index is 0.0598. The third-order valence-corrected chi connectivity index (χ3v) is 2.44. The highest BCUT2D eigenvalue weighted by atomic mass is 16.5. The number of hydroxylamine groups is 1. The lowest BCUT2D eigenvalue weighted by atomic mass is 10.1. The molecule has 102 valence electrons. The number of hydrogen-bond donors (Lipinski definition) is 2. The number of carbonyl (C=O) groups is 2. The van der Waals surface area contributed by atoms with Gasteiger partial charge >= 0.3 is 5.97 Å². The third-order valence-electron chi connectivity index (χ3n) is 2.44. The molecule has 0 radical (unpaired) electrons. The summed E-state index contributed by atoms with van der Waals surface area (Å²) in [6.07, 6.45) is 2.77. The molecule has 0 spiro atoms. The van der Waals surface area contributed by atoms with Crippen molar-refractivity contribution >= 4 is 17.4 Å². The molecule has 0 atom stereocenters. The Balaban J connectivity index is 2.86. The molecule has 2 N–H and O–H groups in total. The van der Waals surface area contributed by atoms with Crippen LogP contribution in [0.25, 0.3) is 5.57 Å². The zero-order chi connectivity index (χ0) is 14.1. The maximum absolute atomic E-state index is 11.6. The lowest BCUT2D eigenvalue weighted by molar-refractivity contribution is -0.138. The number of nitrogens with one attached hydrogen (secondary N) is 1. The Morgan fingerprint density at radius 1 is 1.32 bits per heavy atom. The van der Waals surface area contributed by atoms with Crippen LogP contribution >= 0.6 is 0 Å². The van der Waals surface area contributed by atoms with Gasteiger partial charge in [0.05, 0.1) is 12.2 Å². The number of hydrogen-bond acceptors (Lipinski definition) is 4. The summed E-state index contributed by atoms with van der Waals surface area (Å²) in [7, 11) is 0. The Hall–Kier alpha value is -2.14. The molecule has 0 aliphatic heterocycles. The van der Waals surface area contributed by atoms with E-state index >= 15 is 0 Å². The smallest absolute Gasteiger partial charge is 0.331 e. The molecule has 0 saturated carbocycles. The number of esters is 1. The molecule has 5 nitrogen and oxygen atoms in total. The van der Waals surface area contributed by atoms with Gasteiger partial charge in [0.25, 0.3) is 5.91 Å². The van der Waals surface area contributed by atoms with E-state index < -0.39 is 11.9 Å². The average molecular weight is 263 g/mol. The van der Waals surface area contributed by atoms with Gasteiger partial charge in [-0.25, -0.2) is 10.3 Å². The van der Waals surface area contributed by atoms with E-state index in [1.807, 2.05) is 6.92 Å². The molecule has 0 unspecified atom stereocenters. The van der Waals surface area contributed by atoms with Crippen LogP contribution in [0.15, 0.2) is 36.4 Å². The molecule has 0 aromatic heterocycles. The Kier molecular flexibility index (Phi) is 6.32. The van der Waals surface area contributed by atoms with Crippen LogP contribution in [0.1, 0.15) is 25.3 Å². The van der Waals surface area contributed by atoms with Crippen LogP contribution in [0.5, 0.6) is 0 Å². The summed E-state index contributed by atoms with van der Waals surface area (Å²) >= 11 is 0. The van der Waals surface area contributed by atoms with Crippen LogP contribution in [-0.2, 0) is 14.3 Å². The molecule has 0 fully saturated rings. The van der Waals surface area contributed by atoms with Crippen molar-refractivity contribution in [3.63, 3.8) is 0 Å². The number of rotatable bonds is 6. The van der Waals surface area contributed by atoms with Crippen molar-refractivity contribution in [3.8, 4) is 0 Å². The van der Waals surface area contributed by atoms with Gasteiger partial charge in [0.1, 0.15) is 0 Å². The summed E-state index contributed by atoms with van der Waals surface area (Å²) in [5.74, 6) is -1.35. The highest BCUT2D eigenvalue weighted by Crippen LogP contribution is 2.14. The Morgan fingerprint density at radius 2 is 2.00 bits per heavy atom. The summed E-state index contributed by atoms with van der Waals surface area (Å²) in [6.45, 7) is 2.30. The first-order valence-corrected chi connectivity index (χ1v) is 6.07. The second-order valence-corrected chi connectivity index (χ2v) is 3.89. The van der Waals surface area contributed by atoms with Gasteiger partial charge < -0.3 is 4.74 Å². The lowest BCUT2D eigenvalue weighted by Gasteiger charge is -2.06. The number of unbranched alkanes of at least 4 members (excludes halogenated alkanes) is 1. The van der Waals surface area contributed by atoms with E-state index in [-0.39, 0.29) is 5.57 Å². The number of ether oxygens (including phenoxy) is 1. The molecule has 0 aliphatic rings. The standard InChI is InChI=1S/C14H17NO4/c1-2-3-9-19-13(16)10-12(14(17)15-18)11-7-5-4-6-8-11/h4-8,10,18H,2-3,9H2,1H3,(H,15,17)/b12-10-. The van der Waals surface area contributed by atoms with Crippen molar-refractivity contribution in [2.45, 2.75) is 19.8 Å². The fraction of sp³-hybridized carbons (Fsp3) is 0.286. The fourth-order valence-corrected chi connectivity index (χ4v) is 1.43. The minimum Gasteiger partial charge on any atom is -0.463 e. The van der Waals surface area contributed by atoms with E-state index in [1.165, 1.54) is 5.48 Å². The second-order valence-electron chi connectivity index (χ2n) is 3.89. The molecule has 0 heterocycles. The molecule has 19 heavy (non-hydrogen) atoms. The number of carbonyl (C=O) groups excluding carboxylic acids is 2. The molecule has 0 aliphatic carbocycles. The van der Waals surface area contributed by atoms with Crippen molar-refractivity contribution in [3.05, 3.63) is 42.0 Å². The molecule has 1 amide bonds. The molecular formula is C14H17NO4. The van der Waals surface area contributed by atoms with Crippen molar-refractivity contribution in [1.29, 1.82) is 0 Å². The lowest BCUT2D eigenvalue weighted by Crippen LogP contribution is -2.21. The Morgan fingerprint density at radius 3 is 2.58 bits per heavy atom. The summed E-state index contributed by atoms with van der Waals surface area (Å²) in [6, 6.07) is 8.59. The van der Waals surface area contributed by atoms with E-state index in [4.69, 9.17) is 9.94 Å². The molecule has 5 heteroatoms. The maximum Gasteiger partial charge on any atom is 0.331 e. The van der Waals surface area contributed by atoms with Crippen molar-refractivity contribution in [1.82, 2.24) is 5.48 Å². The summed E-state index contributed by atoms with van der Waals surface area (Å²) < 4.78 is 4.95. The maximum atomic E-state index is 11.6. The SMILES string of the molecule is CCCCOC(=O)/C=C(\C(=O)NO)c1ccccc1. The minimum atomic E-state index is -0.751. The normalized spacial score (nSPS) is 10.9. The monoisotopic (exact) mass is 263 g/mol. The topological polar surface area (TPSA) is 75.6 Å². The first-order valence-electron chi connectivity index (χ1n) is 6.07. The zero-order valence-electron chi connectivity index (χ0n) is 10.8. The van der Waals surface area contributed by atoms with Gasteiger partial charge in [0.2, 0.25) is 0 Å². The van der Waals surface area contributed by atoms with Crippen LogP contribution in [0.4, 0.5) is 0 Å². The van der Waals surface area contributed by atoms with Gasteiger partial charge in [-0.1, -0.05) is 43.7 Å². The van der Waals surface area contributed by atoms with E-state index in [9.17, 15) is 9.59 Å². The summed E-state index contributed by atoms with van der Waals surface area (Å²) in [5.41, 5.74) is 2.11. The van der Waals surface area contributed by atoms with Crippen LogP contribution in [0, 0.1) is 0 Å². The number of amides is 1. The van der Waals surface area contributed by atoms with Crippen LogP contribution < -0.4 is 5.48 Å². The fourth-order valence-electron chi connectivity index (χ4n) is 1.43. The summed E-state index contributed by atoms with van der Waals surface area (Å²) in [5, 5.41) is 8.70. The van der Waals surface area contributed by atoms with Gasteiger partial charge in [-0.15, -0.1) is 0 Å². The quantitative estimate of drug-likeness (QED) is 0.270. The number of benzene rings is 1. The highest BCUT2D eigenvalue weighted by molar-refractivity contribution is 6.22. The van der Waals surface area contributed by atoms with Gasteiger partial charge in [0, 0.05) is 6.08 Å². The van der Waals surface area contributed by atoms with Crippen molar-refractivity contribution < 1.29 is 19.5 Å². The average Bonchev–Trinajstić information content (AvgIpc) is 2.45. The van der Waals surface area contributed by atoms with E-state index in [0.717, 1.165) is 18.9 Å². The van der Waals surface area contributed by atoms with E-state index in [2.05, 4.69) is 0 Å². The van der Waals surface area contributed by atoms with Crippen LogP contribution in [0.2, 0.25) is 0 Å². The zero-order valence-corrected chi connectivity index (χ0v) is 10.8. The first kappa shape index (κ1) is 14.9. The second kappa shape index (κ2) is 8.05. The highest BCUT2D eigenvalue weighted by Gasteiger charge is 2.13. The van der Waals surface area contributed by atoms with Gasteiger partial charge in [-0.3, -0.25) is 10.0 Å². The van der Waals surface area contributed by atoms with Crippen molar-refractivity contribution in [2.75, 3.05) is 6.61 Å². The van der Waals surface area contributed by atoms with E-state index in [1.54, 1.807) is 30.3 Å². The predicted molar refractivity (Wildman–Crippen MR) is 70.2 cm³/mol. The molecular weight excluding hydrogens is 246 g/mol. The molecule has 1 aromatic rings. The molecule has 0 saturated heterocycles. The predicted octanol–water partition coefficient (Wildman–Crippen LogP) is 1.92. The van der Waals surface area contributed by atoms with Crippen LogP contribution in [0.3, 0.4) is 0 Å². The third kappa shape index (κ3) is 4.93. The van der Waals surface area contributed by atoms with Crippen LogP contribution in [-0.4, -0.2) is 23.7 Å². The Labute approximate surface area is 111 Å². The van der Waals surface area contributed by atoms with E-state index in [0.29, 0.717) is 12.2 Å². The van der Waals surface area contributed by atoms with Gasteiger partial charge in [-0.2, -0.15) is 0 Å². The summed E-state index contributed by atoms with van der Waals surface area (Å²) in [4.78, 5) is 23.1. The molecule has 1 aromatic carbocycles. The first-order chi connectivity index (χ1) is 9.19. The molecule has 0 bridgehead atoms.